The van der Waals surface area contributed by atoms with E-state index in [9.17, 15) is 13.2 Å². The van der Waals surface area contributed by atoms with Crippen LogP contribution in [0.15, 0.2) is 42.6 Å². The average molecular weight is 295 g/mol. The lowest BCUT2D eigenvalue weighted by molar-refractivity contribution is -0.141. The number of nitrogens with zero attached hydrogens (tertiary/aromatic N) is 1. The van der Waals surface area contributed by atoms with E-state index in [-0.39, 0.29) is 11.4 Å². The first kappa shape index (κ1) is 15.2. The van der Waals surface area contributed by atoms with Gasteiger partial charge in [0.05, 0.1) is 17.6 Å². The van der Waals surface area contributed by atoms with E-state index in [1.54, 1.807) is 0 Å². The zero-order valence-corrected chi connectivity index (χ0v) is 11.3. The minimum Gasteiger partial charge on any atom is -0.396 e. The van der Waals surface area contributed by atoms with Crippen LogP contribution in [0.25, 0.3) is 0 Å². The van der Waals surface area contributed by atoms with Crippen LogP contribution in [0.1, 0.15) is 17.7 Å². The van der Waals surface area contributed by atoms with E-state index < -0.39 is 11.9 Å². The van der Waals surface area contributed by atoms with Gasteiger partial charge >= 0.3 is 6.18 Å². The van der Waals surface area contributed by atoms with Gasteiger partial charge in [0.25, 0.3) is 0 Å². The molecule has 2 aromatic rings. The molecule has 2 rings (SSSR count). The molecule has 1 aromatic carbocycles. The second kappa shape index (κ2) is 6.47. The van der Waals surface area contributed by atoms with Gasteiger partial charge in [0, 0.05) is 6.54 Å². The smallest absolute Gasteiger partial charge is 0.396 e. The Kier molecular flexibility index (Phi) is 4.67. The Hall–Kier alpha value is -2.24. The predicted molar refractivity (Wildman–Crippen MR) is 76.9 cm³/mol. The van der Waals surface area contributed by atoms with Gasteiger partial charge in [0.1, 0.15) is 5.69 Å². The number of benzene rings is 1. The number of nitrogens with two attached hydrogens (primary N) is 1. The Morgan fingerprint density at radius 3 is 2.52 bits per heavy atom. The fourth-order valence-electron chi connectivity index (χ4n) is 1.93. The summed E-state index contributed by atoms with van der Waals surface area (Å²) in [5, 5.41) is 2.93. The molecule has 6 heteroatoms. The Labute approximate surface area is 121 Å². The third-order valence-corrected chi connectivity index (χ3v) is 3.03. The number of halogens is 3. The summed E-state index contributed by atoms with van der Waals surface area (Å²) in [7, 11) is 0. The first-order valence-electron chi connectivity index (χ1n) is 6.57. The van der Waals surface area contributed by atoms with E-state index in [0.717, 1.165) is 25.1 Å². The number of nitrogen functional groups attached to an aromatic ring is 1. The van der Waals surface area contributed by atoms with Crippen LogP contribution in [0, 0.1) is 0 Å². The number of nitrogens with one attached hydrogen (secondary N) is 1. The van der Waals surface area contributed by atoms with Crippen molar-refractivity contribution in [1.82, 2.24) is 4.98 Å². The summed E-state index contributed by atoms with van der Waals surface area (Å²) in [5.41, 5.74) is 6.36. The SMILES string of the molecule is Nc1cnc(C(F)(F)F)cc1NCCCc1ccccc1. The highest BCUT2D eigenvalue weighted by atomic mass is 19.4. The number of pyridine rings is 1. The summed E-state index contributed by atoms with van der Waals surface area (Å²) >= 11 is 0. The zero-order chi connectivity index (χ0) is 15.3. The second-order valence-electron chi connectivity index (χ2n) is 4.67. The summed E-state index contributed by atoms with van der Waals surface area (Å²) in [5.74, 6) is 0. The monoisotopic (exact) mass is 295 g/mol. The Morgan fingerprint density at radius 2 is 1.86 bits per heavy atom. The maximum Gasteiger partial charge on any atom is 0.433 e. The Bertz CT molecular complexity index is 582. The molecule has 0 bridgehead atoms. The molecular weight excluding hydrogens is 279 g/mol. The topological polar surface area (TPSA) is 50.9 Å². The van der Waals surface area contributed by atoms with Crippen molar-refractivity contribution in [3.05, 3.63) is 53.9 Å². The summed E-state index contributed by atoms with van der Waals surface area (Å²) in [6, 6.07) is 10.8. The molecule has 0 atom stereocenters. The van der Waals surface area contributed by atoms with Crippen LogP contribution in [0.2, 0.25) is 0 Å². The van der Waals surface area contributed by atoms with Crippen LogP contribution in [0.4, 0.5) is 24.5 Å². The number of aryl methyl sites for hydroxylation is 1. The van der Waals surface area contributed by atoms with Gasteiger partial charge in [-0.25, -0.2) is 4.98 Å². The quantitative estimate of drug-likeness (QED) is 0.826. The van der Waals surface area contributed by atoms with Crippen molar-refractivity contribution in [1.29, 1.82) is 0 Å². The number of aromatic nitrogens is 1. The van der Waals surface area contributed by atoms with E-state index in [0.29, 0.717) is 6.54 Å². The van der Waals surface area contributed by atoms with Gasteiger partial charge in [-0.15, -0.1) is 0 Å². The fraction of sp³-hybridized carbons (Fsp3) is 0.267. The normalized spacial score (nSPS) is 11.4. The molecule has 0 amide bonds. The Morgan fingerprint density at radius 1 is 1.14 bits per heavy atom. The fourth-order valence-corrected chi connectivity index (χ4v) is 1.93. The summed E-state index contributed by atoms with van der Waals surface area (Å²) in [6.45, 7) is 0.542. The third-order valence-electron chi connectivity index (χ3n) is 3.03. The predicted octanol–water partition coefficient (Wildman–Crippen LogP) is 3.73. The van der Waals surface area contributed by atoms with Crippen molar-refractivity contribution in [2.45, 2.75) is 19.0 Å². The molecule has 1 heterocycles. The number of hydrogen-bond donors (Lipinski definition) is 2. The molecule has 0 spiro atoms. The molecule has 112 valence electrons. The van der Waals surface area contributed by atoms with Crippen LogP contribution in [-0.2, 0) is 12.6 Å². The molecule has 0 saturated heterocycles. The maximum atomic E-state index is 12.6. The molecule has 1 aromatic heterocycles. The third kappa shape index (κ3) is 4.37. The number of alkyl halides is 3. The molecular formula is C15H16F3N3. The maximum absolute atomic E-state index is 12.6. The highest BCUT2D eigenvalue weighted by Gasteiger charge is 2.32. The second-order valence-corrected chi connectivity index (χ2v) is 4.67. The molecule has 0 unspecified atom stereocenters. The van der Waals surface area contributed by atoms with Gasteiger partial charge in [-0.05, 0) is 24.5 Å². The van der Waals surface area contributed by atoms with Gasteiger partial charge in [-0.1, -0.05) is 30.3 Å². The average Bonchev–Trinajstić information content (AvgIpc) is 2.45. The van der Waals surface area contributed by atoms with Crippen LogP contribution >= 0.6 is 0 Å². The summed E-state index contributed by atoms with van der Waals surface area (Å²) in [4.78, 5) is 3.30. The zero-order valence-electron chi connectivity index (χ0n) is 11.3. The van der Waals surface area contributed by atoms with Crippen LogP contribution in [-0.4, -0.2) is 11.5 Å². The van der Waals surface area contributed by atoms with Gasteiger partial charge in [0.15, 0.2) is 0 Å². The molecule has 0 fully saturated rings. The first-order valence-corrected chi connectivity index (χ1v) is 6.57. The van der Waals surface area contributed by atoms with Crippen molar-refractivity contribution >= 4 is 11.4 Å². The molecule has 21 heavy (non-hydrogen) atoms. The van der Waals surface area contributed by atoms with Crippen molar-refractivity contribution in [3.63, 3.8) is 0 Å². The lowest BCUT2D eigenvalue weighted by Crippen LogP contribution is -2.11. The van der Waals surface area contributed by atoms with E-state index in [2.05, 4.69) is 10.3 Å². The number of hydrogen-bond acceptors (Lipinski definition) is 3. The van der Waals surface area contributed by atoms with Gasteiger partial charge < -0.3 is 11.1 Å². The van der Waals surface area contributed by atoms with Crippen molar-refractivity contribution in [2.75, 3.05) is 17.6 Å². The minimum atomic E-state index is -4.46. The lowest BCUT2D eigenvalue weighted by atomic mass is 10.1. The molecule has 3 N–H and O–H groups in total. The van der Waals surface area contributed by atoms with Gasteiger partial charge in [0.2, 0.25) is 0 Å². The largest absolute Gasteiger partial charge is 0.433 e. The highest BCUT2D eigenvalue weighted by Crippen LogP contribution is 2.30. The highest BCUT2D eigenvalue weighted by molar-refractivity contribution is 5.65. The molecule has 0 aliphatic carbocycles. The van der Waals surface area contributed by atoms with Gasteiger partial charge in [-0.2, -0.15) is 13.2 Å². The van der Waals surface area contributed by atoms with Crippen molar-refractivity contribution in [2.24, 2.45) is 0 Å². The molecule has 0 aliphatic rings. The molecule has 0 saturated carbocycles. The molecule has 0 radical (unpaired) electrons. The number of rotatable bonds is 5. The van der Waals surface area contributed by atoms with E-state index >= 15 is 0 Å². The Balaban J connectivity index is 1.91. The van der Waals surface area contributed by atoms with E-state index in [1.807, 2.05) is 30.3 Å². The summed E-state index contributed by atoms with van der Waals surface area (Å²) < 4.78 is 37.7. The standard InChI is InChI=1S/C15H16F3N3/c16-15(17,18)14-9-13(12(19)10-21-14)20-8-4-7-11-5-2-1-3-6-11/h1-3,5-6,9-10H,4,7-8,19H2,(H,20,21). The van der Waals surface area contributed by atoms with Crippen LogP contribution in [0.3, 0.4) is 0 Å². The minimum absolute atomic E-state index is 0.211. The van der Waals surface area contributed by atoms with Crippen molar-refractivity contribution < 1.29 is 13.2 Å². The molecule has 3 nitrogen and oxygen atoms in total. The van der Waals surface area contributed by atoms with Crippen LogP contribution < -0.4 is 11.1 Å². The van der Waals surface area contributed by atoms with Gasteiger partial charge in [-0.3, -0.25) is 0 Å². The molecule has 0 aliphatic heterocycles. The van der Waals surface area contributed by atoms with E-state index in [1.165, 1.54) is 5.56 Å². The van der Waals surface area contributed by atoms with Crippen molar-refractivity contribution in [3.8, 4) is 0 Å². The van der Waals surface area contributed by atoms with E-state index in [4.69, 9.17) is 5.73 Å². The lowest BCUT2D eigenvalue weighted by Gasteiger charge is -2.12. The summed E-state index contributed by atoms with van der Waals surface area (Å²) in [6.07, 6.45) is -1.78. The van der Waals surface area contributed by atoms with Crippen LogP contribution in [0.5, 0.6) is 0 Å². The number of anilines is 2. The first-order chi connectivity index (χ1) is 9.97.